The number of hydrogen-bond donors (Lipinski definition) is 2. The number of nitro benzene ring substituents is 1. The van der Waals surface area contributed by atoms with E-state index in [0.717, 1.165) is 62.8 Å². The number of pyridine rings is 1. The Morgan fingerprint density at radius 2 is 1.67 bits per heavy atom. The summed E-state index contributed by atoms with van der Waals surface area (Å²) < 4.78 is 33.8. The Morgan fingerprint density at radius 3 is 2.40 bits per heavy atom. The number of aromatic nitrogens is 1. The van der Waals surface area contributed by atoms with Gasteiger partial charge >= 0.3 is 0 Å². The van der Waals surface area contributed by atoms with E-state index in [1.54, 1.807) is 12.1 Å². The van der Waals surface area contributed by atoms with Gasteiger partial charge in [-0.25, -0.2) is 13.1 Å². The first kappa shape index (κ1) is 37.1. The minimum atomic E-state index is -4.37. The Balaban J connectivity index is 0.849. The first-order valence-corrected chi connectivity index (χ1v) is 20.9. The molecule has 4 aromatic rings. The van der Waals surface area contributed by atoms with Gasteiger partial charge in [0.05, 0.1) is 15.5 Å². The Labute approximate surface area is 322 Å². The third kappa shape index (κ3) is 7.96. The molecule has 2 N–H and O–H groups in total. The van der Waals surface area contributed by atoms with Gasteiger partial charge in [0.2, 0.25) is 0 Å². The van der Waals surface area contributed by atoms with Gasteiger partial charge in [-0.2, -0.15) is 0 Å². The van der Waals surface area contributed by atoms with Crippen molar-refractivity contribution >= 4 is 33.0 Å². The minimum absolute atomic E-state index is 0.191. The number of carbonyl (C=O) groups excluding carboxylic acids is 1. The molecule has 0 radical (unpaired) electrons. The molecule has 3 aromatic carbocycles. The number of nitrogens with one attached hydrogen (secondary N) is 2. The van der Waals surface area contributed by atoms with E-state index >= 15 is 0 Å². The molecule has 0 unspecified atom stereocenters. The van der Waals surface area contributed by atoms with Gasteiger partial charge in [-0.3, -0.25) is 24.8 Å². The molecule has 1 spiro atoms. The van der Waals surface area contributed by atoms with Crippen molar-refractivity contribution in [3.05, 3.63) is 112 Å². The first-order valence-electron chi connectivity index (χ1n) is 19.5. The lowest BCUT2D eigenvalue weighted by Gasteiger charge is -2.56. The van der Waals surface area contributed by atoms with Crippen LogP contribution in [0.25, 0.3) is 11.3 Å². The van der Waals surface area contributed by atoms with Crippen LogP contribution < -0.4 is 14.9 Å². The topological polar surface area (TPSA) is 147 Å². The first-order chi connectivity index (χ1) is 26.7. The molecule has 4 heterocycles. The molecule has 1 aromatic heterocycles. The van der Waals surface area contributed by atoms with Crippen LogP contribution in [0.3, 0.4) is 0 Å². The summed E-state index contributed by atoms with van der Waals surface area (Å²) >= 11 is 0. The Morgan fingerprint density at radius 1 is 0.927 bits per heavy atom. The summed E-state index contributed by atoms with van der Waals surface area (Å²) in [5.74, 6) is -0.483. The summed E-state index contributed by atoms with van der Waals surface area (Å²) in [6.07, 6.45) is 10.6. The fourth-order valence-electron chi connectivity index (χ4n) is 9.17. The highest BCUT2D eigenvalue weighted by Gasteiger charge is 2.50. The molecule has 0 bridgehead atoms. The SMILES string of the molecule is O=C(NS(=O)(=O)c1ccc(NCC2CCOCC2)c([N+](=O)[O-])c1)c1ccc(N2CCC3(CC2)CC(N2CCC[C@H]2c2ccccc2-c2ccccn2)C3)cc1. The molecule has 1 amide bonds. The van der Waals surface area contributed by atoms with Gasteiger partial charge < -0.3 is 15.0 Å². The van der Waals surface area contributed by atoms with Crippen molar-refractivity contribution < 1.29 is 22.9 Å². The molecule has 8 rings (SSSR count). The Hall–Kier alpha value is -4.85. The monoisotopic (exact) mass is 764 g/mol. The van der Waals surface area contributed by atoms with Crippen molar-refractivity contribution in [2.24, 2.45) is 11.3 Å². The van der Waals surface area contributed by atoms with Crippen molar-refractivity contribution in [1.82, 2.24) is 14.6 Å². The van der Waals surface area contributed by atoms with Crippen LogP contribution in [0.4, 0.5) is 17.1 Å². The van der Waals surface area contributed by atoms with Crippen molar-refractivity contribution in [2.75, 3.05) is 49.6 Å². The van der Waals surface area contributed by atoms with E-state index < -0.39 is 20.9 Å². The second-order valence-corrected chi connectivity index (χ2v) is 17.3. The predicted molar refractivity (Wildman–Crippen MR) is 211 cm³/mol. The summed E-state index contributed by atoms with van der Waals surface area (Å²) in [4.78, 5) is 33.7. The van der Waals surface area contributed by atoms with Crippen LogP contribution in [0.15, 0.2) is 96.0 Å². The zero-order valence-electron chi connectivity index (χ0n) is 30.9. The lowest BCUT2D eigenvalue weighted by molar-refractivity contribution is -0.384. The number of sulfonamides is 1. The summed E-state index contributed by atoms with van der Waals surface area (Å²) in [6.45, 7) is 4.81. The highest BCUT2D eigenvalue weighted by molar-refractivity contribution is 7.90. The van der Waals surface area contributed by atoms with E-state index in [-0.39, 0.29) is 21.8 Å². The number of nitro groups is 1. The second kappa shape index (κ2) is 15.7. The van der Waals surface area contributed by atoms with E-state index in [1.165, 1.54) is 48.9 Å². The molecule has 1 atom stereocenters. The average Bonchev–Trinajstić information content (AvgIpc) is 3.69. The number of amides is 1. The number of nitrogens with zero attached hydrogens (tertiary/aromatic N) is 4. The van der Waals surface area contributed by atoms with Crippen LogP contribution in [0.2, 0.25) is 0 Å². The zero-order chi connectivity index (χ0) is 38.0. The maximum atomic E-state index is 13.2. The molecule has 3 saturated heterocycles. The van der Waals surface area contributed by atoms with E-state index in [4.69, 9.17) is 4.74 Å². The maximum absolute atomic E-state index is 13.2. The maximum Gasteiger partial charge on any atom is 0.293 e. The van der Waals surface area contributed by atoms with Gasteiger partial charge in [-0.15, -0.1) is 0 Å². The number of anilines is 2. The van der Waals surface area contributed by atoms with Gasteiger partial charge in [0.15, 0.2) is 0 Å². The van der Waals surface area contributed by atoms with Gasteiger partial charge in [-0.1, -0.05) is 30.3 Å². The Bertz CT molecular complexity index is 2110. The number of benzene rings is 3. The molecule has 12 nitrogen and oxygen atoms in total. The zero-order valence-corrected chi connectivity index (χ0v) is 31.8. The molecule has 13 heteroatoms. The van der Waals surface area contributed by atoms with Gasteiger partial charge in [-0.05, 0) is 123 Å². The number of likely N-dealkylation sites (tertiary alicyclic amines) is 1. The minimum Gasteiger partial charge on any atom is -0.381 e. The van der Waals surface area contributed by atoms with E-state index in [2.05, 4.69) is 61.2 Å². The van der Waals surface area contributed by atoms with Gasteiger partial charge in [0, 0.05) is 74.0 Å². The molecule has 4 fully saturated rings. The second-order valence-electron chi connectivity index (χ2n) is 15.6. The molecule has 1 saturated carbocycles. The van der Waals surface area contributed by atoms with Crippen LogP contribution >= 0.6 is 0 Å². The van der Waals surface area contributed by atoms with Crippen LogP contribution in [-0.2, 0) is 14.8 Å². The van der Waals surface area contributed by atoms with Crippen molar-refractivity contribution in [3.8, 4) is 11.3 Å². The van der Waals surface area contributed by atoms with Crippen molar-refractivity contribution in [2.45, 2.75) is 68.3 Å². The fraction of sp³-hybridized carbons (Fsp3) is 0.429. The molecule has 288 valence electrons. The molecular weight excluding hydrogens is 717 g/mol. The highest BCUT2D eigenvalue weighted by Crippen LogP contribution is 2.54. The summed E-state index contributed by atoms with van der Waals surface area (Å²) in [5, 5.41) is 14.9. The number of hydrogen-bond acceptors (Lipinski definition) is 10. The van der Waals surface area contributed by atoms with Crippen LogP contribution in [0.1, 0.15) is 73.3 Å². The van der Waals surface area contributed by atoms with Crippen LogP contribution in [0, 0.1) is 21.4 Å². The summed E-state index contributed by atoms with van der Waals surface area (Å²) in [5.41, 5.74) is 5.07. The quantitative estimate of drug-likeness (QED) is 0.119. The van der Waals surface area contributed by atoms with Crippen molar-refractivity contribution in [1.29, 1.82) is 0 Å². The van der Waals surface area contributed by atoms with Crippen LogP contribution in [-0.4, -0.2) is 74.6 Å². The molecule has 3 aliphatic heterocycles. The Kier molecular flexibility index (Phi) is 10.6. The normalized spacial score (nSPS) is 20.6. The van der Waals surface area contributed by atoms with Crippen LogP contribution in [0.5, 0.6) is 0 Å². The lowest BCUT2D eigenvalue weighted by Crippen LogP contribution is -2.54. The number of ether oxygens (including phenoxy) is 1. The fourth-order valence-corrected chi connectivity index (χ4v) is 10.2. The smallest absolute Gasteiger partial charge is 0.293 e. The van der Waals surface area contributed by atoms with E-state index in [1.807, 2.05) is 24.4 Å². The van der Waals surface area contributed by atoms with Gasteiger partial charge in [0.25, 0.3) is 21.6 Å². The lowest BCUT2D eigenvalue weighted by atomic mass is 9.59. The van der Waals surface area contributed by atoms with E-state index in [0.29, 0.717) is 43.2 Å². The summed E-state index contributed by atoms with van der Waals surface area (Å²) in [6, 6.07) is 26.5. The van der Waals surface area contributed by atoms with Gasteiger partial charge in [0.1, 0.15) is 5.69 Å². The third-order valence-corrected chi connectivity index (χ3v) is 13.6. The third-order valence-electron chi connectivity index (χ3n) is 12.3. The summed E-state index contributed by atoms with van der Waals surface area (Å²) in [7, 11) is -4.37. The average molecular weight is 765 g/mol. The van der Waals surface area contributed by atoms with E-state index in [9.17, 15) is 23.3 Å². The molecule has 4 aliphatic rings. The highest BCUT2D eigenvalue weighted by atomic mass is 32.2. The molecular formula is C42H48N6O6S. The molecule has 1 aliphatic carbocycles. The largest absolute Gasteiger partial charge is 0.381 e. The number of rotatable bonds is 11. The standard InChI is InChI=1S/C42H48N6O6S/c49-41(45-55(52,53)34-14-15-38(40(26-34)48(50)51)44-29-30-16-24-54-25-17-30)31-10-12-32(13-11-31)46-22-18-42(19-23-46)27-33(28-42)47-21-5-9-39(47)36-7-2-1-6-35(36)37-8-3-4-20-43-37/h1-4,6-8,10-15,20,26,30,33,39,44H,5,9,16-19,21-25,27-29H2,(H,45,49)/t39-/m0/s1. The number of piperidine rings is 1. The predicted octanol–water partition coefficient (Wildman–Crippen LogP) is 7.20. The number of carbonyl (C=O) groups is 1. The van der Waals surface area contributed by atoms with Crippen molar-refractivity contribution in [3.63, 3.8) is 0 Å². The molecule has 55 heavy (non-hydrogen) atoms.